The smallest absolute Gasteiger partial charge is 0.255 e. The number of carbonyl (C=O) groups is 1. The second kappa shape index (κ2) is 5.82. The summed E-state index contributed by atoms with van der Waals surface area (Å²) in [7, 11) is 0. The molecule has 7 heteroatoms. The molecule has 0 atom stereocenters. The van der Waals surface area contributed by atoms with Crippen molar-refractivity contribution in [1.82, 2.24) is 9.97 Å². The number of hydrogen-bond donors (Lipinski definition) is 3. The molecule has 1 aliphatic rings. The van der Waals surface area contributed by atoms with Gasteiger partial charge in [0.15, 0.2) is 5.82 Å². The first-order valence-corrected chi connectivity index (χ1v) is 7.63. The minimum Gasteiger partial charge on any atom is -0.339 e. The third-order valence-electron chi connectivity index (χ3n) is 3.51. The van der Waals surface area contributed by atoms with Crippen molar-refractivity contribution in [3.05, 3.63) is 65.3 Å². The second-order valence-corrected chi connectivity index (χ2v) is 5.66. The molecule has 0 unspecified atom stereocenters. The van der Waals surface area contributed by atoms with Gasteiger partial charge in [-0.1, -0.05) is 23.7 Å². The van der Waals surface area contributed by atoms with Crippen LogP contribution >= 0.6 is 11.6 Å². The number of amides is 1. The minimum atomic E-state index is -0.194. The van der Waals surface area contributed by atoms with E-state index in [2.05, 4.69) is 25.9 Å². The van der Waals surface area contributed by atoms with Crippen LogP contribution in [0.2, 0.25) is 5.02 Å². The van der Waals surface area contributed by atoms with E-state index in [4.69, 9.17) is 11.6 Å². The van der Waals surface area contributed by atoms with Crippen molar-refractivity contribution in [2.45, 2.75) is 0 Å². The number of aromatic nitrogens is 2. The molecule has 0 aliphatic carbocycles. The second-order valence-electron chi connectivity index (χ2n) is 5.26. The Labute approximate surface area is 142 Å². The summed E-state index contributed by atoms with van der Waals surface area (Å²) in [6, 6.07) is 14.4. The van der Waals surface area contributed by atoms with E-state index in [-0.39, 0.29) is 5.91 Å². The van der Waals surface area contributed by atoms with Gasteiger partial charge in [-0.25, -0.2) is 4.98 Å². The number of halogens is 1. The molecule has 24 heavy (non-hydrogen) atoms. The molecule has 0 spiro atoms. The van der Waals surface area contributed by atoms with Crippen LogP contribution in [0.25, 0.3) is 0 Å². The highest BCUT2D eigenvalue weighted by Crippen LogP contribution is 2.27. The Morgan fingerprint density at radius 3 is 2.42 bits per heavy atom. The van der Waals surface area contributed by atoms with Gasteiger partial charge in [-0.05, 0) is 36.4 Å². The predicted molar refractivity (Wildman–Crippen MR) is 94.4 cm³/mol. The third kappa shape index (κ3) is 2.87. The lowest BCUT2D eigenvalue weighted by atomic mass is 10.2. The normalized spacial score (nSPS) is 12.6. The molecular weight excluding hydrogens is 326 g/mol. The van der Waals surface area contributed by atoms with Gasteiger partial charge in [0.25, 0.3) is 5.91 Å². The fourth-order valence-corrected chi connectivity index (χ4v) is 2.54. The monoisotopic (exact) mass is 337 g/mol. The van der Waals surface area contributed by atoms with Gasteiger partial charge in [0, 0.05) is 22.6 Å². The first-order valence-electron chi connectivity index (χ1n) is 7.25. The Morgan fingerprint density at radius 2 is 1.58 bits per heavy atom. The van der Waals surface area contributed by atoms with E-state index in [0.717, 1.165) is 5.69 Å². The van der Waals surface area contributed by atoms with E-state index in [0.29, 0.717) is 33.7 Å². The fourth-order valence-electron chi connectivity index (χ4n) is 2.40. The summed E-state index contributed by atoms with van der Waals surface area (Å²) in [4.78, 5) is 21.0. The van der Waals surface area contributed by atoms with Crippen molar-refractivity contribution in [3.63, 3.8) is 0 Å². The summed E-state index contributed by atoms with van der Waals surface area (Å²) < 4.78 is 0. The lowest BCUT2D eigenvalue weighted by Gasteiger charge is -2.10. The number of carbonyl (C=O) groups excluding carboxylic acids is 1. The molecule has 6 nitrogen and oxygen atoms in total. The average Bonchev–Trinajstić information content (AvgIpc) is 2.58. The zero-order valence-electron chi connectivity index (χ0n) is 12.4. The van der Waals surface area contributed by atoms with Crippen molar-refractivity contribution in [2.24, 2.45) is 0 Å². The molecule has 0 radical (unpaired) electrons. The Kier molecular flexibility index (Phi) is 3.51. The van der Waals surface area contributed by atoms with E-state index in [1.165, 1.54) is 6.20 Å². The van der Waals surface area contributed by atoms with Crippen LogP contribution in [-0.2, 0) is 0 Å². The predicted octanol–water partition coefficient (Wildman–Crippen LogP) is 4.18. The summed E-state index contributed by atoms with van der Waals surface area (Å²) in [6.07, 6.45) is 1.52. The molecular formula is C17H12ClN5O. The van der Waals surface area contributed by atoms with Crippen LogP contribution in [0.3, 0.4) is 0 Å². The highest BCUT2D eigenvalue weighted by atomic mass is 35.5. The van der Waals surface area contributed by atoms with Crippen LogP contribution in [0.15, 0.2) is 54.7 Å². The van der Waals surface area contributed by atoms with E-state index in [1.807, 2.05) is 30.3 Å². The summed E-state index contributed by atoms with van der Waals surface area (Å²) in [5.74, 6) is 0.670. The van der Waals surface area contributed by atoms with Gasteiger partial charge in [0.2, 0.25) is 5.95 Å². The van der Waals surface area contributed by atoms with E-state index < -0.39 is 0 Å². The quantitative estimate of drug-likeness (QED) is 0.573. The summed E-state index contributed by atoms with van der Waals surface area (Å²) >= 11 is 6.17. The Balaban J connectivity index is 1.87. The SMILES string of the molecule is O=C1Nc2cccc(c2)Nc2nc(ncc2Cl)Nc2cccc1c2. The number of nitrogens with one attached hydrogen (secondary N) is 3. The van der Waals surface area contributed by atoms with Crippen molar-refractivity contribution in [2.75, 3.05) is 16.0 Å². The molecule has 3 N–H and O–H groups in total. The molecule has 2 aromatic carbocycles. The first-order chi connectivity index (χ1) is 11.7. The maximum absolute atomic E-state index is 12.4. The Morgan fingerprint density at radius 1 is 0.875 bits per heavy atom. The lowest BCUT2D eigenvalue weighted by Crippen LogP contribution is -2.12. The number of hydrogen-bond acceptors (Lipinski definition) is 5. The van der Waals surface area contributed by atoms with Crippen LogP contribution in [0.1, 0.15) is 10.4 Å². The zero-order valence-corrected chi connectivity index (χ0v) is 13.1. The molecule has 6 bridgehead atoms. The fraction of sp³-hybridized carbons (Fsp3) is 0. The van der Waals surface area contributed by atoms with Gasteiger partial charge >= 0.3 is 0 Å². The molecule has 2 heterocycles. The number of rotatable bonds is 0. The molecule has 0 fully saturated rings. The lowest BCUT2D eigenvalue weighted by molar-refractivity contribution is 0.102. The van der Waals surface area contributed by atoms with Crippen LogP contribution in [0, 0.1) is 0 Å². The van der Waals surface area contributed by atoms with Crippen LogP contribution < -0.4 is 16.0 Å². The van der Waals surface area contributed by atoms with Gasteiger partial charge < -0.3 is 16.0 Å². The number of fused-ring (bicyclic) bond motifs is 6. The Bertz CT molecular complexity index is 944. The zero-order chi connectivity index (χ0) is 16.5. The van der Waals surface area contributed by atoms with Gasteiger partial charge in [-0.2, -0.15) is 4.98 Å². The molecule has 118 valence electrons. The molecule has 1 amide bonds. The third-order valence-corrected chi connectivity index (χ3v) is 3.78. The average molecular weight is 338 g/mol. The molecule has 3 aromatic rings. The molecule has 0 saturated carbocycles. The van der Waals surface area contributed by atoms with Crippen molar-refractivity contribution < 1.29 is 4.79 Å². The number of benzene rings is 2. The standard InChI is InChI=1S/C17H12ClN5O/c18-14-9-19-17-22-11-4-1-3-10(7-11)16(24)21-13-6-2-5-12(8-13)20-15(14)23-17/h1-9H,(H,21,24)(H2,19,20,22,23). The topological polar surface area (TPSA) is 78.9 Å². The maximum atomic E-state index is 12.4. The summed E-state index contributed by atoms with van der Waals surface area (Å²) in [6.45, 7) is 0. The van der Waals surface area contributed by atoms with E-state index in [9.17, 15) is 4.79 Å². The highest BCUT2D eigenvalue weighted by molar-refractivity contribution is 6.32. The van der Waals surface area contributed by atoms with Crippen LogP contribution in [0.4, 0.5) is 28.8 Å². The van der Waals surface area contributed by atoms with Crippen LogP contribution in [-0.4, -0.2) is 15.9 Å². The Hall–Kier alpha value is -3.12. The molecule has 4 rings (SSSR count). The summed E-state index contributed by atoms with van der Waals surface area (Å²) in [5.41, 5.74) is 2.67. The van der Waals surface area contributed by atoms with Crippen LogP contribution in [0.5, 0.6) is 0 Å². The van der Waals surface area contributed by atoms with Gasteiger partial charge in [0.1, 0.15) is 5.02 Å². The van der Waals surface area contributed by atoms with Crippen molar-refractivity contribution >= 4 is 46.3 Å². The van der Waals surface area contributed by atoms with Crippen molar-refractivity contribution in [1.29, 1.82) is 0 Å². The van der Waals surface area contributed by atoms with Gasteiger partial charge in [-0.15, -0.1) is 0 Å². The first kappa shape index (κ1) is 14.5. The van der Waals surface area contributed by atoms with Crippen molar-refractivity contribution in [3.8, 4) is 0 Å². The molecule has 0 saturated heterocycles. The van der Waals surface area contributed by atoms with E-state index in [1.54, 1.807) is 18.2 Å². The van der Waals surface area contributed by atoms with E-state index >= 15 is 0 Å². The number of anilines is 5. The van der Waals surface area contributed by atoms with Gasteiger partial charge in [-0.3, -0.25) is 4.79 Å². The van der Waals surface area contributed by atoms with Gasteiger partial charge in [0.05, 0.1) is 6.20 Å². The largest absolute Gasteiger partial charge is 0.339 e. The maximum Gasteiger partial charge on any atom is 0.255 e. The summed E-state index contributed by atoms with van der Waals surface area (Å²) in [5, 5.41) is 9.49. The minimum absolute atomic E-state index is 0.194. The molecule has 1 aromatic heterocycles. The molecule has 1 aliphatic heterocycles. The number of nitrogens with zero attached hydrogens (tertiary/aromatic N) is 2. The highest BCUT2D eigenvalue weighted by Gasteiger charge is 2.11.